The Bertz CT molecular complexity index is 2090. The second-order valence-electron chi connectivity index (χ2n) is 13.2. The number of thiazole rings is 2. The molecule has 0 radical (unpaired) electrons. The lowest BCUT2D eigenvalue weighted by Crippen LogP contribution is -2.27. The molecule has 2 amide bonds. The molecule has 0 spiro atoms. The van der Waals surface area contributed by atoms with Crippen molar-refractivity contribution in [2.75, 3.05) is 10.6 Å². The second kappa shape index (κ2) is 20.3. The van der Waals surface area contributed by atoms with Gasteiger partial charge in [-0.15, -0.1) is 22.7 Å². The van der Waals surface area contributed by atoms with Crippen molar-refractivity contribution in [3.8, 4) is 22.5 Å². The van der Waals surface area contributed by atoms with E-state index in [0.717, 1.165) is 24.0 Å². The molecule has 3 aromatic carbocycles. The predicted molar refractivity (Wildman–Crippen MR) is 215 cm³/mol. The lowest BCUT2D eigenvalue weighted by Gasteiger charge is -2.25. The maximum Gasteiger partial charge on any atom is 0.304 e. The summed E-state index contributed by atoms with van der Waals surface area (Å²) in [7, 11) is 0. The average Bonchev–Trinajstić information content (AvgIpc) is 3.82. The first-order valence-corrected chi connectivity index (χ1v) is 20.2. The fraction of sp³-hybridized carbons (Fsp3) is 0.300. The molecule has 0 aliphatic heterocycles. The van der Waals surface area contributed by atoms with Gasteiger partial charge < -0.3 is 20.8 Å². The molecule has 1 fully saturated rings. The molecule has 1 saturated carbocycles. The van der Waals surface area contributed by atoms with Crippen molar-refractivity contribution in [1.29, 1.82) is 0 Å². The number of anilines is 2. The number of nitrogens with zero attached hydrogens (tertiary/aromatic N) is 2. The van der Waals surface area contributed by atoms with E-state index in [-0.39, 0.29) is 25.2 Å². The summed E-state index contributed by atoms with van der Waals surface area (Å²) in [6.45, 7) is 0. The van der Waals surface area contributed by atoms with Crippen molar-refractivity contribution in [2.24, 2.45) is 17.8 Å². The zero-order valence-corrected chi connectivity index (χ0v) is 32.7. The molecular weight excluding hydrogens is 786 g/mol. The molecule has 15 heteroatoms. The van der Waals surface area contributed by atoms with Crippen molar-refractivity contribution >= 4 is 79.9 Å². The topological polar surface area (TPSA) is 159 Å². The number of carboxylic acids is 2. The summed E-state index contributed by atoms with van der Waals surface area (Å²) in [5, 5.41) is 29.4. The Hall–Kier alpha value is -4.69. The summed E-state index contributed by atoms with van der Waals surface area (Å²) in [5.74, 6) is -4.04. The molecule has 0 unspecified atom stereocenters. The Morgan fingerprint density at radius 2 is 1.18 bits per heavy atom. The van der Waals surface area contributed by atoms with Crippen molar-refractivity contribution in [1.82, 2.24) is 9.97 Å². The van der Waals surface area contributed by atoms with Crippen LogP contribution in [-0.4, -0.2) is 43.9 Å². The maximum atomic E-state index is 13.1. The summed E-state index contributed by atoms with van der Waals surface area (Å²) in [6.07, 6.45) is 6.05. The Morgan fingerprint density at radius 1 is 0.709 bits per heavy atom. The molecule has 55 heavy (non-hydrogen) atoms. The number of rotatable bonds is 14. The predicted octanol–water partition coefficient (Wildman–Crippen LogP) is 10.3. The zero-order chi connectivity index (χ0) is 39.3. The number of aliphatic carboxylic acids is 2. The van der Waals surface area contributed by atoms with Crippen LogP contribution in [0.3, 0.4) is 0 Å². The first-order valence-electron chi connectivity index (χ1n) is 17.7. The van der Waals surface area contributed by atoms with E-state index in [9.17, 15) is 28.7 Å². The molecular formula is C40H39Cl2FN4O6S2. The lowest BCUT2D eigenvalue weighted by molar-refractivity contribution is -0.140. The van der Waals surface area contributed by atoms with Crippen LogP contribution in [0.15, 0.2) is 83.6 Å². The Labute approximate surface area is 335 Å². The molecule has 2 aromatic heterocycles. The molecule has 1 aliphatic rings. The molecule has 2 atom stereocenters. The minimum absolute atomic E-state index is 0.148. The number of carboxylic acid groups (broad SMARTS) is 2. The lowest BCUT2D eigenvalue weighted by atomic mass is 9.81. The fourth-order valence-corrected chi connectivity index (χ4v) is 8.25. The van der Waals surface area contributed by atoms with Crippen LogP contribution in [-0.2, 0) is 25.6 Å². The molecule has 5 aromatic rings. The Morgan fingerprint density at radius 3 is 1.67 bits per heavy atom. The van der Waals surface area contributed by atoms with Gasteiger partial charge in [0.1, 0.15) is 5.82 Å². The van der Waals surface area contributed by atoms with Gasteiger partial charge in [0.25, 0.3) is 0 Å². The van der Waals surface area contributed by atoms with Crippen molar-refractivity contribution in [3.05, 3.63) is 105 Å². The van der Waals surface area contributed by atoms with Gasteiger partial charge in [0.2, 0.25) is 11.8 Å². The monoisotopic (exact) mass is 824 g/mol. The van der Waals surface area contributed by atoms with Crippen LogP contribution in [0.1, 0.15) is 56.9 Å². The van der Waals surface area contributed by atoms with Crippen LogP contribution in [0.5, 0.6) is 0 Å². The molecule has 2 heterocycles. The summed E-state index contributed by atoms with van der Waals surface area (Å²) in [6, 6.07) is 20.3. The highest BCUT2D eigenvalue weighted by Gasteiger charge is 2.28. The summed E-state index contributed by atoms with van der Waals surface area (Å²) in [4.78, 5) is 56.5. The summed E-state index contributed by atoms with van der Waals surface area (Å²) in [5.41, 5.74) is 3.55. The molecule has 0 bridgehead atoms. The minimum Gasteiger partial charge on any atom is -0.481 e. The van der Waals surface area contributed by atoms with Crippen LogP contribution in [0.2, 0.25) is 10.0 Å². The van der Waals surface area contributed by atoms with Crippen molar-refractivity contribution in [3.63, 3.8) is 0 Å². The number of carbonyl (C=O) groups excluding carboxylic acids is 2. The van der Waals surface area contributed by atoms with Gasteiger partial charge in [0.05, 0.1) is 30.1 Å². The van der Waals surface area contributed by atoms with Crippen LogP contribution < -0.4 is 10.6 Å². The number of hydrogen-bond donors (Lipinski definition) is 4. The van der Waals surface area contributed by atoms with E-state index < -0.39 is 35.5 Å². The van der Waals surface area contributed by atoms with E-state index in [4.69, 9.17) is 28.3 Å². The third-order valence-electron chi connectivity index (χ3n) is 9.09. The quantitative estimate of drug-likeness (QED) is 0.0861. The molecule has 4 N–H and O–H groups in total. The van der Waals surface area contributed by atoms with Gasteiger partial charge in [-0.3, -0.25) is 19.2 Å². The minimum atomic E-state index is -1.09. The van der Waals surface area contributed by atoms with Crippen LogP contribution >= 0.6 is 45.9 Å². The number of nitrogens with one attached hydrogen (secondary N) is 2. The van der Waals surface area contributed by atoms with Gasteiger partial charge in [-0.25, -0.2) is 14.4 Å². The normalized spacial score (nSPS) is 13.9. The number of aromatic nitrogens is 2. The number of carbonyl (C=O) groups is 4. The SMILES string of the molecule is O=C(O)C[C@@H](CC1CCCCC1)C(=O)Nc1nc(-c2ccccc2Cl)cs1.O=C(O)C[C@@H](Cc1ccc(F)cc1)C(=O)Nc1nc(-c2ccccc2Cl)cs1. The first-order chi connectivity index (χ1) is 26.4. The standard InChI is InChI=1S/C20H16ClFN2O3S.C20H23ClN2O3S/c21-16-4-2-1-3-15(16)17-11-28-20(23-17)24-19(27)13(10-18(25)26)9-12-5-7-14(22)8-6-12;21-16-9-5-4-8-15(16)17-12-27-20(22-17)23-19(26)14(11-18(24)25)10-13-6-2-1-3-7-13/h1-8,11,13H,9-10H2,(H,25,26)(H,23,24,27);4-5,8-9,12-14H,1-3,6-7,10-11H2,(H,24,25)(H,22,23,26)/t13-;14-/m11/s1. The molecule has 0 saturated heterocycles. The van der Waals surface area contributed by atoms with Gasteiger partial charge in [0, 0.05) is 37.9 Å². The fourth-order valence-electron chi connectivity index (χ4n) is 6.35. The number of amides is 2. The van der Waals surface area contributed by atoms with E-state index in [0.29, 0.717) is 49.6 Å². The number of benzene rings is 3. The van der Waals surface area contributed by atoms with E-state index in [1.165, 1.54) is 66.2 Å². The summed E-state index contributed by atoms with van der Waals surface area (Å²) >= 11 is 14.9. The van der Waals surface area contributed by atoms with E-state index in [1.54, 1.807) is 17.5 Å². The van der Waals surface area contributed by atoms with Gasteiger partial charge in [0.15, 0.2) is 10.3 Å². The van der Waals surface area contributed by atoms with Gasteiger partial charge >= 0.3 is 11.9 Å². The highest BCUT2D eigenvalue weighted by atomic mass is 35.5. The van der Waals surface area contributed by atoms with Crippen molar-refractivity contribution < 1.29 is 33.8 Å². The van der Waals surface area contributed by atoms with Gasteiger partial charge in [-0.2, -0.15) is 0 Å². The second-order valence-corrected chi connectivity index (χ2v) is 15.7. The average molecular weight is 826 g/mol. The number of hydrogen-bond acceptors (Lipinski definition) is 8. The summed E-state index contributed by atoms with van der Waals surface area (Å²) < 4.78 is 13.1. The highest BCUT2D eigenvalue weighted by molar-refractivity contribution is 7.14. The van der Waals surface area contributed by atoms with E-state index in [1.807, 2.05) is 41.8 Å². The van der Waals surface area contributed by atoms with E-state index >= 15 is 0 Å². The van der Waals surface area contributed by atoms with Gasteiger partial charge in [-0.1, -0.05) is 104 Å². The number of halogens is 3. The molecule has 10 nitrogen and oxygen atoms in total. The van der Waals surface area contributed by atoms with E-state index in [2.05, 4.69) is 20.6 Å². The van der Waals surface area contributed by atoms with Crippen LogP contribution in [0.25, 0.3) is 22.5 Å². The largest absolute Gasteiger partial charge is 0.481 e. The molecule has 6 rings (SSSR count). The Balaban J connectivity index is 0.000000211. The van der Waals surface area contributed by atoms with Crippen LogP contribution in [0.4, 0.5) is 14.7 Å². The Kier molecular flexibility index (Phi) is 15.3. The molecule has 1 aliphatic carbocycles. The van der Waals surface area contributed by atoms with Crippen LogP contribution in [0, 0.1) is 23.6 Å². The van der Waals surface area contributed by atoms with Gasteiger partial charge in [-0.05, 0) is 48.6 Å². The third kappa shape index (κ3) is 12.7. The van der Waals surface area contributed by atoms with Crippen molar-refractivity contribution in [2.45, 2.75) is 57.8 Å². The maximum absolute atomic E-state index is 13.1. The first kappa shape index (κ1) is 41.5. The third-order valence-corrected chi connectivity index (χ3v) is 11.3. The molecule has 288 valence electrons. The highest BCUT2D eigenvalue weighted by Crippen LogP contribution is 2.34. The zero-order valence-electron chi connectivity index (χ0n) is 29.6. The smallest absolute Gasteiger partial charge is 0.304 e.